The number of nitrogens with zero attached hydrogens (tertiary/aromatic N) is 3. The lowest BCUT2D eigenvalue weighted by molar-refractivity contribution is -0.111. The first kappa shape index (κ1) is 15.7. The van der Waals surface area contributed by atoms with E-state index in [0.29, 0.717) is 5.01 Å². The van der Waals surface area contributed by atoms with Crippen molar-refractivity contribution in [1.29, 1.82) is 0 Å². The van der Waals surface area contributed by atoms with Gasteiger partial charge in [0.1, 0.15) is 5.01 Å². The first-order valence-electron chi connectivity index (χ1n) is 8.27. The van der Waals surface area contributed by atoms with Crippen LogP contribution in [0.25, 0.3) is 0 Å². The monoisotopic (exact) mass is 344 g/mol. The lowest BCUT2D eigenvalue weighted by Crippen LogP contribution is -2.60. The van der Waals surface area contributed by atoms with Crippen molar-refractivity contribution in [2.75, 3.05) is 25.1 Å². The molecule has 24 heavy (non-hydrogen) atoms. The molecule has 1 aliphatic carbocycles. The van der Waals surface area contributed by atoms with Gasteiger partial charge in [-0.3, -0.25) is 9.69 Å². The van der Waals surface area contributed by atoms with Crippen LogP contribution < -0.4 is 5.32 Å². The second-order valence-electron chi connectivity index (χ2n) is 6.37. The van der Waals surface area contributed by atoms with Crippen LogP contribution in [-0.4, -0.2) is 46.3 Å². The number of carbonyl (C=O) groups excluding carboxylic acids is 1. The number of amides is 1. The number of aromatic nitrogens is 2. The summed E-state index contributed by atoms with van der Waals surface area (Å²) in [6.07, 6.45) is 3.64. The second kappa shape index (κ2) is 6.58. The van der Waals surface area contributed by atoms with Crippen LogP contribution in [0.1, 0.15) is 34.1 Å². The van der Waals surface area contributed by atoms with Crippen LogP contribution >= 0.6 is 11.3 Å². The molecule has 0 radical (unpaired) electrons. The average molecular weight is 344 g/mol. The fourth-order valence-electron chi connectivity index (χ4n) is 3.34. The number of ether oxygens (including phenoxy) is 1. The zero-order valence-corrected chi connectivity index (χ0v) is 14.2. The number of benzene rings is 1. The molecule has 2 heterocycles. The predicted octanol–water partition coefficient (Wildman–Crippen LogP) is 2.55. The Hall–Kier alpha value is -1.83. The largest absolute Gasteiger partial charge is 0.378 e. The number of hydrogen-bond donors (Lipinski definition) is 1. The van der Waals surface area contributed by atoms with Crippen molar-refractivity contribution < 1.29 is 9.53 Å². The lowest BCUT2D eigenvalue weighted by atomic mass is 9.75. The molecule has 0 atom stereocenters. The first-order chi connectivity index (χ1) is 11.8. The Kier molecular flexibility index (Phi) is 4.30. The lowest BCUT2D eigenvalue weighted by Gasteiger charge is -2.52. The average Bonchev–Trinajstić information content (AvgIpc) is 3.04. The van der Waals surface area contributed by atoms with E-state index < -0.39 is 0 Å². The van der Waals surface area contributed by atoms with E-state index >= 15 is 0 Å². The molecule has 1 saturated heterocycles. The SMILES string of the molecule is O=C(Nc1ccccc1)c1nnc(CN2CCOCC23CCC3)s1. The minimum absolute atomic E-state index is 0.191. The van der Waals surface area contributed by atoms with E-state index in [2.05, 4.69) is 20.4 Å². The molecule has 126 valence electrons. The van der Waals surface area contributed by atoms with Gasteiger partial charge in [0.05, 0.1) is 19.8 Å². The zero-order valence-electron chi connectivity index (χ0n) is 13.4. The highest BCUT2D eigenvalue weighted by Crippen LogP contribution is 2.40. The van der Waals surface area contributed by atoms with Crippen LogP contribution in [0.15, 0.2) is 30.3 Å². The summed E-state index contributed by atoms with van der Waals surface area (Å²) < 4.78 is 5.67. The van der Waals surface area contributed by atoms with Gasteiger partial charge in [-0.25, -0.2) is 0 Å². The van der Waals surface area contributed by atoms with E-state index in [-0.39, 0.29) is 11.4 Å². The highest BCUT2D eigenvalue weighted by Gasteiger charge is 2.44. The number of anilines is 1. The van der Waals surface area contributed by atoms with Crippen molar-refractivity contribution in [3.63, 3.8) is 0 Å². The molecule has 1 aromatic heterocycles. The van der Waals surface area contributed by atoms with Crippen LogP contribution in [0, 0.1) is 0 Å². The summed E-state index contributed by atoms with van der Waals surface area (Å²) in [7, 11) is 0. The fourth-order valence-corrected chi connectivity index (χ4v) is 4.09. The van der Waals surface area contributed by atoms with Gasteiger partial charge in [-0.05, 0) is 31.4 Å². The molecule has 6 nitrogen and oxygen atoms in total. The number of nitrogens with one attached hydrogen (secondary N) is 1. The number of hydrogen-bond acceptors (Lipinski definition) is 6. The summed E-state index contributed by atoms with van der Waals surface area (Å²) in [5.74, 6) is -0.203. The van der Waals surface area contributed by atoms with Crippen molar-refractivity contribution in [2.24, 2.45) is 0 Å². The van der Waals surface area contributed by atoms with Crippen LogP contribution in [0.2, 0.25) is 0 Å². The molecule has 1 amide bonds. The quantitative estimate of drug-likeness (QED) is 0.923. The molecular weight excluding hydrogens is 324 g/mol. The van der Waals surface area contributed by atoms with Gasteiger partial charge in [0.15, 0.2) is 0 Å². The van der Waals surface area contributed by atoms with E-state index in [1.165, 1.54) is 30.6 Å². The number of para-hydroxylation sites is 1. The highest BCUT2D eigenvalue weighted by atomic mass is 32.1. The Morgan fingerprint density at radius 1 is 1.29 bits per heavy atom. The maximum atomic E-state index is 12.3. The molecule has 0 bridgehead atoms. The molecule has 4 rings (SSSR count). The number of morpholine rings is 1. The van der Waals surface area contributed by atoms with Crippen LogP contribution in [0.4, 0.5) is 5.69 Å². The van der Waals surface area contributed by atoms with Crippen LogP contribution in [-0.2, 0) is 11.3 Å². The Labute approximate surface area is 144 Å². The fraction of sp³-hybridized carbons (Fsp3) is 0.471. The Morgan fingerprint density at radius 2 is 2.12 bits per heavy atom. The Morgan fingerprint density at radius 3 is 2.88 bits per heavy atom. The summed E-state index contributed by atoms with van der Waals surface area (Å²) >= 11 is 1.37. The molecule has 1 aromatic carbocycles. The molecule has 2 fully saturated rings. The summed E-state index contributed by atoms with van der Waals surface area (Å²) in [5.41, 5.74) is 0.956. The van der Waals surface area contributed by atoms with Crippen LogP contribution in [0.5, 0.6) is 0 Å². The van der Waals surface area contributed by atoms with Gasteiger partial charge in [0.2, 0.25) is 5.01 Å². The van der Waals surface area contributed by atoms with Crippen molar-refractivity contribution >= 4 is 22.9 Å². The standard InChI is InChI=1S/C17H20N4O2S/c22-15(18-13-5-2-1-3-6-13)16-20-19-14(24-16)11-21-9-10-23-12-17(21)7-4-8-17/h1-3,5-6H,4,7-12H2,(H,18,22). The molecule has 1 N–H and O–H groups in total. The topological polar surface area (TPSA) is 67.4 Å². The molecule has 1 spiro atoms. The maximum absolute atomic E-state index is 12.3. The molecule has 2 aliphatic rings. The van der Waals surface area contributed by atoms with Crippen LogP contribution in [0.3, 0.4) is 0 Å². The number of carbonyl (C=O) groups is 1. The van der Waals surface area contributed by atoms with Gasteiger partial charge >= 0.3 is 0 Å². The Bertz CT molecular complexity index is 714. The minimum atomic E-state index is -0.203. The first-order valence-corrected chi connectivity index (χ1v) is 9.08. The van der Waals surface area contributed by atoms with Gasteiger partial charge in [-0.1, -0.05) is 29.5 Å². The minimum Gasteiger partial charge on any atom is -0.378 e. The predicted molar refractivity (Wildman–Crippen MR) is 92.1 cm³/mol. The van der Waals surface area contributed by atoms with E-state index in [0.717, 1.165) is 37.0 Å². The van der Waals surface area contributed by atoms with Gasteiger partial charge < -0.3 is 10.1 Å². The van der Waals surface area contributed by atoms with Gasteiger partial charge in [0, 0.05) is 17.8 Å². The van der Waals surface area contributed by atoms with Gasteiger partial charge in [0.25, 0.3) is 5.91 Å². The summed E-state index contributed by atoms with van der Waals surface area (Å²) in [6.45, 7) is 3.25. The smallest absolute Gasteiger partial charge is 0.286 e. The molecule has 7 heteroatoms. The Balaban J connectivity index is 1.42. The van der Waals surface area contributed by atoms with Crippen molar-refractivity contribution in [3.8, 4) is 0 Å². The third-order valence-corrected chi connectivity index (χ3v) is 5.76. The van der Waals surface area contributed by atoms with E-state index in [9.17, 15) is 4.79 Å². The highest BCUT2D eigenvalue weighted by molar-refractivity contribution is 7.13. The van der Waals surface area contributed by atoms with Crippen molar-refractivity contribution in [3.05, 3.63) is 40.3 Å². The van der Waals surface area contributed by atoms with E-state index in [1.54, 1.807) is 0 Å². The molecular formula is C17H20N4O2S. The molecule has 2 aromatic rings. The van der Waals surface area contributed by atoms with E-state index in [1.807, 2.05) is 30.3 Å². The molecule has 0 unspecified atom stereocenters. The van der Waals surface area contributed by atoms with E-state index in [4.69, 9.17) is 4.74 Å². The zero-order chi connectivity index (χ0) is 16.4. The van der Waals surface area contributed by atoms with Crippen molar-refractivity contribution in [2.45, 2.75) is 31.3 Å². The summed E-state index contributed by atoms with van der Waals surface area (Å²) in [6, 6.07) is 9.40. The number of rotatable bonds is 4. The summed E-state index contributed by atoms with van der Waals surface area (Å²) in [5, 5.41) is 12.4. The molecule has 1 aliphatic heterocycles. The van der Waals surface area contributed by atoms with Crippen molar-refractivity contribution in [1.82, 2.24) is 15.1 Å². The normalized spacial score (nSPS) is 19.8. The second-order valence-corrected chi connectivity index (χ2v) is 7.44. The molecule has 1 saturated carbocycles. The summed E-state index contributed by atoms with van der Waals surface area (Å²) in [4.78, 5) is 14.7. The maximum Gasteiger partial charge on any atom is 0.286 e. The van der Waals surface area contributed by atoms with Gasteiger partial charge in [-0.15, -0.1) is 10.2 Å². The van der Waals surface area contributed by atoms with Gasteiger partial charge in [-0.2, -0.15) is 0 Å². The third kappa shape index (κ3) is 3.07. The third-order valence-electron chi connectivity index (χ3n) is 4.85.